The number of carbonyl (C=O) groups excluding carboxylic acids is 1. The van der Waals surface area contributed by atoms with E-state index in [9.17, 15) is 9.59 Å². The van der Waals surface area contributed by atoms with E-state index in [1.54, 1.807) is 11.8 Å². The van der Waals surface area contributed by atoms with Crippen LogP contribution in [0.15, 0.2) is 0 Å². The van der Waals surface area contributed by atoms with Crippen LogP contribution in [0.5, 0.6) is 0 Å². The van der Waals surface area contributed by atoms with Crippen molar-refractivity contribution in [2.24, 2.45) is 0 Å². The third-order valence-electron chi connectivity index (χ3n) is 3.12. The summed E-state index contributed by atoms with van der Waals surface area (Å²) in [6, 6.07) is -0.0985. The summed E-state index contributed by atoms with van der Waals surface area (Å²) in [5.41, 5.74) is 0. The molecule has 0 aliphatic heterocycles. The molecule has 1 aliphatic carbocycles. The van der Waals surface area contributed by atoms with Crippen LogP contribution in [0.2, 0.25) is 0 Å². The van der Waals surface area contributed by atoms with Crippen molar-refractivity contribution in [2.75, 3.05) is 18.6 Å². The third-order valence-corrected chi connectivity index (χ3v) is 3.95. The van der Waals surface area contributed by atoms with Gasteiger partial charge in [0.25, 0.3) is 0 Å². The van der Waals surface area contributed by atoms with Gasteiger partial charge in [-0.3, -0.25) is 4.79 Å². The van der Waals surface area contributed by atoms with Gasteiger partial charge in [-0.1, -0.05) is 12.8 Å². The first-order valence-corrected chi connectivity index (χ1v) is 7.71. The van der Waals surface area contributed by atoms with Crippen LogP contribution in [0.4, 0.5) is 4.79 Å². The highest BCUT2D eigenvalue weighted by Gasteiger charge is 2.28. The van der Waals surface area contributed by atoms with E-state index in [2.05, 4.69) is 5.32 Å². The van der Waals surface area contributed by atoms with Crippen molar-refractivity contribution in [1.82, 2.24) is 10.2 Å². The molecule has 6 heteroatoms. The zero-order valence-electron chi connectivity index (χ0n) is 11.0. The number of nitrogens with one attached hydrogen (secondary N) is 1. The molecule has 5 nitrogen and oxygen atoms in total. The minimum absolute atomic E-state index is 0.0604. The third kappa shape index (κ3) is 4.76. The van der Waals surface area contributed by atoms with Gasteiger partial charge < -0.3 is 15.3 Å². The Morgan fingerprint density at radius 3 is 2.56 bits per heavy atom. The van der Waals surface area contributed by atoms with Gasteiger partial charge in [-0.15, -0.1) is 0 Å². The number of carboxylic acid groups (broad SMARTS) is 1. The van der Waals surface area contributed by atoms with E-state index in [1.165, 1.54) is 4.90 Å². The number of urea groups is 1. The largest absolute Gasteiger partial charge is 0.480 e. The van der Waals surface area contributed by atoms with Gasteiger partial charge in [0, 0.05) is 17.8 Å². The molecule has 0 bridgehead atoms. The molecule has 1 saturated carbocycles. The van der Waals surface area contributed by atoms with Crippen molar-refractivity contribution in [3.63, 3.8) is 0 Å². The highest BCUT2D eigenvalue weighted by atomic mass is 32.2. The van der Waals surface area contributed by atoms with Crippen LogP contribution in [0.25, 0.3) is 0 Å². The molecule has 104 valence electrons. The number of hydrogen-bond acceptors (Lipinski definition) is 3. The summed E-state index contributed by atoms with van der Waals surface area (Å²) in [7, 11) is 0. The van der Waals surface area contributed by atoms with E-state index in [-0.39, 0.29) is 24.7 Å². The molecular formula is C12H22N2O3S. The molecule has 1 atom stereocenters. The van der Waals surface area contributed by atoms with Gasteiger partial charge in [-0.2, -0.15) is 11.8 Å². The van der Waals surface area contributed by atoms with Crippen molar-refractivity contribution in [3.05, 3.63) is 0 Å². The molecule has 1 fully saturated rings. The van der Waals surface area contributed by atoms with Crippen LogP contribution in [0.3, 0.4) is 0 Å². The maximum absolute atomic E-state index is 12.1. The molecule has 1 rings (SSSR count). The molecule has 1 aliphatic rings. The average molecular weight is 274 g/mol. The monoisotopic (exact) mass is 274 g/mol. The number of aliphatic carboxylic acids is 1. The van der Waals surface area contributed by atoms with Crippen LogP contribution < -0.4 is 5.32 Å². The summed E-state index contributed by atoms with van der Waals surface area (Å²) in [4.78, 5) is 24.4. The number of nitrogens with zero attached hydrogens (tertiary/aromatic N) is 1. The lowest BCUT2D eigenvalue weighted by atomic mass is 10.2. The number of hydrogen-bond donors (Lipinski definition) is 2. The summed E-state index contributed by atoms with van der Waals surface area (Å²) in [6.07, 6.45) is 5.97. The molecule has 18 heavy (non-hydrogen) atoms. The second-order valence-corrected chi connectivity index (χ2v) is 5.68. The Morgan fingerprint density at radius 1 is 1.44 bits per heavy atom. The van der Waals surface area contributed by atoms with Crippen molar-refractivity contribution >= 4 is 23.8 Å². The maximum Gasteiger partial charge on any atom is 0.323 e. The van der Waals surface area contributed by atoms with Gasteiger partial charge in [0.2, 0.25) is 0 Å². The minimum atomic E-state index is -0.949. The topological polar surface area (TPSA) is 69.6 Å². The first-order chi connectivity index (χ1) is 8.54. The Hall–Kier alpha value is -0.910. The Kier molecular flexibility index (Phi) is 6.32. The normalized spacial score (nSPS) is 17.4. The molecule has 0 aromatic carbocycles. The lowest BCUT2D eigenvalue weighted by Crippen LogP contribution is -2.50. The van der Waals surface area contributed by atoms with Crippen LogP contribution in [-0.4, -0.2) is 52.6 Å². The standard InChI is InChI=1S/C12H22N2O3S/c1-9(8-18-2)13-12(17)14(7-11(15)16)10-5-3-4-6-10/h9-10H,3-8H2,1-2H3,(H,13,17)(H,15,16). The molecule has 0 spiro atoms. The van der Waals surface area contributed by atoms with E-state index in [4.69, 9.17) is 5.11 Å². The minimum Gasteiger partial charge on any atom is -0.480 e. The molecule has 0 aromatic rings. The molecule has 0 saturated heterocycles. The quantitative estimate of drug-likeness (QED) is 0.774. The molecule has 0 aromatic heterocycles. The van der Waals surface area contributed by atoms with Crippen molar-refractivity contribution in [3.8, 4) is 0 Å². The van der Waals surface area contributed by atoms with E-state index in [0.717, 1.165) is 31.4 Å². The predicted octanol–water partition coefficient (Wildman–Crippen LogP) is 1.78. The number of thioether (sulfide) groups is 1. The smallest absolute Gasteiger partial charge is 0.323 e. The van der Waals surface area contributed by atoms with Crippen LogP contribution in [-0.2, 0) is 4.79 Å². The summed E-state index contributed by atoms with van der Waals surface area (Å²) in [5, 5.41) is 11.8. The fourth-order valence-corrected chi connectivity index (χ4v) is 2.90. The fraction of sp³-hybridized carbons (Fsp3) is 0.833. The fourth-order valence-electron chi connectivity index (χ4n) is 2.31. The first kappa shape index (κ1) is 15.1. The van der Waals surface area contributed by atoms with Crippen molar-refractivity contribution in [2.45, 2.75) is 44.7 Å². The average Bonchev–Trinajstić information content (AvgIpc) is 2.78. The SMILES string of the molecule is CSCC(C)NC(=O)N(CC(=O)O)C1CCCC1. The van der Waals surface area contributed by atoms with Gasteiger partial charge in [0.15, 0.2) is 0 Å². The van der Waals surface area contributed by atoms with Crippen molar-refractivity contribution < 1.29 is 14.7 Å². The Labute approximate surface area is 112 Å². The Bertz CT molecular complexity index is 293. The zero-order valence-corrected chi connectivity index (χ0v) is 11.8. The first-order valence-electron chi connectivity index (χ1n) is 6.32. The van der Waals surface area contributed by atoms with Crippen LogP contribution in [0, 0.1) is 0 Å². The van der Waals surface area contributed by atoms with E-state index in [0.29, 0.717) is 0 Å². The Morgan fingerprint density at radius 2 is 2.06 bits per heavy atom. The lowest BCUT2D eigenvalue weighted by molar-refractivity contribution is -0.138. The number of amides is 2. The van der Waals surface area contributed by atoms with Gasteiger partial charge in [0.05, 0.1) is 0 Å². The van der Waals surface area contributed by atoms with Gasteiger partial charge >= 0.3 is 12.0 Å². The van der Waals surface area contributed by atoms with Gasteiger partial charge in [-0.05, 0) is 26.0 Å². The molecule has 0 radical (unpaired) electrons. The summed E-state index contributed by atoms with van der Waals surface area (Å²) in [6.45, 7) is 1.73. The molecule has 2 amide bonds. The summed E-state index contributed by atoms with van der Waals surface area (Å²) in [5.74, 6) is -0.119. The second kappa shape index (κ2) is 7.51. The van der Waals surface area contributed by atoms with Gasteiger partial charge in [0.1, 0.15) is 6.54 Å². The van der Waals surface area contributed by atoms with E-state index >= 15 is 0 Å². The molecule has 1 unspecified atom stereocenters. The summed E-state index contributed by atoms with van der Waals surface area (Å²) < 4.78 is 0. The predicted molar refractivity (Wildman–Crippen MR) is 73.0 cm³/mol. The van der Waals surface area contributed by atoms with Crippen LogP contribution >= 0.6 is 11.8 Å². The van der Waals surface area contributed by atoms with E-state index < -0.39 is 5.97 Å². The van der Waals surface area contributed by atoms with Gasteiger partial charge in [-0.25, -0.2) is 4.79 Å². The zero-order chi connectivity index (χ0) is 13.5. The molecule has 0 heterocycles. The van der Waals surface area contributed by atoms with E-state index in [1.807, 2.05) is 13.2 Å². The van der Waals surface area contributed by atoms with Crippen molar-refractivity contribution in [1.29, 1.82) is 0 Å². The number of carboxylic acids is 1. The van der Waals surface area contributed by atoms with Crippen LogP contribution in [0.1, 0.15) is 32.6 Å². The highest BCUT2D eigenvalue weighted by molar-refractivity contribution is 7.98. The lowest BCUT2D eigenvalue weighted by Gasteiger charge is -2.29. The highest BCUT2D eigenvalue weighted by Crippen LogP contribution is 2.23. The number of carbonyl (C=O) groups is 2. The summed E-state index contributed by atoms with van der Waals surface area (Å²) >= 11 is 1.66. The molecule has 2 N–H and O–H groups in total. The maximum atomic E-state index is 12.1. The second-order valence-electron chi connectivity index (χ2n) is 4.77. The molecular weight excluding hydrogens is 252 g/mol. The number of rotatable bonds is 6. The Balaban J connectivity index is 2.57.